The Balaban J connectivity index is 1.37. The molecule has 0 spiro atoms. The topological polar surface area (TPSA) is 133 Å². The summed E-state index contributed by atoms with van der Waals surface area (Å²) in [6.07, 6.45) is 8.85. The van der Waals surface area contributed by atoms with E-state index in [1.807, 2.05) is 6.07 Å². The molecule has 0 bridgehead atoms. The van der Waals surface area contributed by atoms with Gasteiger partial charge in [-0.3, -0.25) is 9.89 Å². The molecule has 3 aromatic rings. The van der Waals surface area contributed by atoms with Gasteiger partial charge in [-0.1, -0.05) is 19.3 Å². The minimum Gasteiger partial charge on any atom is -0.345 e. The molecule has 0 aromatic carbocycles. The molecule has 1 aliphatic rings. The number of carbonyl (C=O) groups excluding carboxylic acids is 1. The van der Waals surface area contributed by atoms with Crippen molar-refractivity contribution in [3.05, 3.63) is 36.3 Å². The summed E-state index contributed by atoms with van der Waals surface area (Å²) in [5, 5.41) is 10.2. The largest absolute Gasteiger partial charge is 0.345 e. The van der Waals surface area contributed by atoms with E-state index in [1.165, 1.54) is 25.5 Å². The number of aromatic amines is 2. The molecule has 10 heteroatoms. The van der Waals surface area contributed by atoms with E-state index in [-0.39, 0.29) is 11.4 Å². The maximum absolute atomic E-state index is 12.5. The molecule has 3 aromatic heterocycles. The number of fused-ring (bicyclic) bond motifs is 1. The van der Waals surface area contributed by atoms with Crippen LogP contribution in [-0.4, -0.2) is 41.0 Å². The summed E-state index contributed by atoms with van der Waals surface area (Å²) in [6, 6.07) is 5.14. The number of H-pyrrole nitrogens is 2. The molecule has 1 aliphatic carbocycles. The number of sulfonamides is 1. The number of nitrogens with zero attached hydrogens (tertiary/aromatic N) is 2. The molecule has 28 heavy (non-hydrogen) atoms. The van der Waals surface area contributed by atoms with Crippen LogP contribution in [0.25, 0.3) is 11.0 Å². The van der Waals surface area contributed by atoms with Crippen molar-refractivity contribution in [1.82, 2.24) is 24.9 Å². The average Bonchev–Trinajstić information content (AvgIpc) is 3.34. The Hall–Kier alpha value is -2.72. The van der Waals surface area contributed by atoms with Crippen LogP contribution in [-0.2, 0) is 14.8 Å². The quantitative estimate of drug-likeness (QED) is 0.502. The van der Waals surface area contributed by atoms with Crippen LogP contribution in [0.3, 0.4) is 0 Å². The lowest BCUT2D eigenvalue weighted by Gasteiger charge is -2.19. The van der Waals surface area contributed by atoms with Gasteiger partial charge in [-0.2, -0.15) is 5.10 Å². The maximum atomic E-state index is 12.5. The van der Waals surface area contributed by atoms with E-state index < -0.39 is 15.9 Å². The fourth-order valence-electron chi connectivity index (χ4n) is 3.60. The van der Waals surface area contributed by atoms with E-state index in [2.05, 4.69) is 30.2 Å². The van der Waals surface area contributed by atoms with E-state index in [9.17, 15) is 13.2 Å². The highest BCUT2D eigenvalue weighted by Gasteiger charge is 2.21. The van der Waals surface area contributed by atoms with Gasteiger partial charge >= 0.3 is 0 Å². The van der Waals surface area contributed by atoms with Crippen molar-refractivity contribution >= 4 is 32.8 Å². The Bertz CT molecular complexity index is 1080. The van der Waals surface area contributed by atoms with Crippen LogP contribution in [0.1, 0.15) is 43.7 Å². The highest BCUT2D eigenvalue weighted by Crippen LogP contribution is 2.32. The Morgan fingerprint density at radius 2 is 2.07 bits per heavy atom. The first kappa shape index (κ1) is 18.6. The molecular formula is C18H22N6O3S. The highest BCUT2D eigenvalue weighted by molar-refractivity contribution is 7.89. The number of amides is 1. The van der Waals surface area contributed by atoms with Crippen LogP contribution < -0.4 is 10.0 Å². The predicted molar refractivity (Wildman–Crippen MR) is 104 cm³/mol. The number of hydrogen-bond acceptors (Lipinski definition) is 5. The predicted octanol–water partition coefficient (Wildman–Crippen LogP) is 2.25. The molecule has 0 radical (unpaired) electrons. The molecule has 0 saturated heterocycles. The van der Waals surface area contributed by atoms with Gasteiger partial charge in [0.15, 0.2) is 5.82 Å². The first-order chi connectivity index (χ1) is 13.5. The smallest absolute Gasteiger partial charge is 0.243 e. The summed E-state index contributed by atoms with van der Waals surface area (Å²) < 4.78 is 27.3. The van der Waals surface area contributed by atoms with Gasteiger partial charge in [-0.25, -0.2) is 18.1 Å². The van der Waals surface area contributed by atoms with Crippen molar-refractivity contribution in [2.24, 2.45) is 0 Å². The van der Waals surface area contributed by atoms with Crippen molar-refractivity contribution in [3.8, 4) is 0 Å². The molecule has 9 nitrogen and oxygen atoms in total. The Labute approximate surface area is 162 Å². The van der Waals surface area contributed by atoms with Crippen molar-refractivity contribution in [2.45, 2.75) is 42.9 Å². The third-order valence-electron chi connectivity index (χ3n) is 5.04. The normalized spacial score (nSPS) is 15.7. The third kappa shape index (κ3) is 3.92. The maximum Gasteiger partial charge on any atom is 0.243 e. The van der Waals surface area contributed by atoms with Crippen LogP contribution in [0.15, 0.2) is 35.5 Å². The number of anilines is 1. The van der Waals surface area contributed by atoms with Gasteiger partial charge in [0, 0.05) is 35.5 Å². The second kappa shape index (κ2) is 7.72. The van der Waals surface area contributed by atoms with Crippen molar-refractivity contribution < 1.29 is 13.2 Å². The molecule has 1 amide bonds. The van der Waals surface area contributed by atoms with Crippen molar-refractivity contribution in [1.29, 1.82) is 0 Å². The molecule has 3 heterocycles. The van der Waals surface area contributed by atoms with Crippen molar-refractivity contribution in [3.63, 3.8) is 0 Å². The summed E-state index contributed by atoms with van der Waals surface area (Å²) in [5.74, 6) is 0.366. The van der Waals surface area contributed by atoms with Gasteiger partial charge in [0.05, 0.1) is 6.54 Å². The zero-order chi connectivity index (χ0) is 19.6. The molecule has 0 atom stereocenters. The lowest BCUT2D eigenvalue weighted by molar-refractivity contribution is -0.115. The molecule has 148 valence electrons. The average molecular weight is 402 g/mol. The van der Waals surface area contributed by atoms with Crippen LogP contribution >= 0.6 is 0 Å². The zero-order valence-electron chi connectivity index (χ0n) is 15.2. The molecule has 0 unspecified atom stereocenters. The second-order valence-electron chi connectivity index (χ2n) is 6.97. The fraction of sp³-hybridized carbons (Fsp3) is 0.389. The molecule has 1 fully saturated rings. The molecule has 4 N–H and O–H groups in total. The van der Waals surface area contributed by atoms with E-state index in [1.54, 1.807) is 18.3 Å². The summed E-state index contributed by atoms with van der Waals surface area (Å²) in [6.45, 7) is -0.388. The molecule has 0 aliphatic heterocycles. The summed E-state index contributed by atoms with van der Waals surface area (Å²) >= 11 is 0. The van der Waals surface area contributed by atoms with Crippen LogP contribution in [0.4, 0.5) is 5.82 Å². The molecule has 4 rings (SSSR count). The Morgan fingerprint density at radius 1 is 1.25 bits per heavy atom. The van der Waals surface area contributed by atoms with Gasteiger partial charge in [0.2, 0.25) is 15.9 Å². The number of carbonyl (C=O) groups is 1. The SMILES string of the molecule is O=C(CNS(=O)(=O)c1c[nH]c2ncccc12)Nc1cc(C2CCCCC2)[nH]n1. The van der Waals surface area contributed by atoms with Gasteiger partial charge in [-0.05, 0) is 25.0 Å². The Kier molecular flexibility index (Phi) is 5.14. The number of rotatable bonds is 6. The van der Waals surface area contributed by atoms with Gasteiger partial charge in [0.1, 0.15) is 10.5 Å². The first-order valence-corrected chi connectivity index (χ1v) is 10.8. The summed E-state index contributed by atoms with van der Waals surface area (Å²) in [7, 11) is -3.85. The van der Waals surface area contributed by atoms with E-state index >= 15 is 0 Å². The highest BCUT2D eigenvalue weighted by atomic mass is 32.2. The van der Waals surface area contributed by atoms with Gasteiger partial charge < -0.3 is 10.3 Å². The van der Waals surface area contributed by atoms with Crippen LogP contribution in [0.2, 0.25) is 0 Å². The zero-order valence-corrected chi connectivity index (χ0v) is 16.1. The summed E-state index contributed by atoms with van der Waals surface area (Å²) in [4.78, 5) is 19.1. The lowest BCUT2D eigenvalue weighted by Crippen LogP contribution is -2.32. The van der Waals surface area contributed by atoms with Crippen molar-refractivity contribution in [2.75, 3.05) is 11.9 Å². The van der Waals surface area contributed by atoms with Gasteiger partial charge in [0.25, 0.3) is 0 Å². The fourth-order valence-corrected chi connectivity index (χ4v) is 4.75. The number of pyridine rings is 1. The van der Waals surface area contributed by atoms with Crippen LogP contribution in [0, 0.1) is 0 Å². The Morgan fingerprint density at radius 3 is 2.89 bits per heavy atom. The van der Waals surface area contributed by atoms with E-state index in [4.69, 9.17) is 0 Å². The van der Waals surface area contributed by atoms with Gasteiger partial charge in [-0.15, -0.1) is 0 Å². The first-order valence-electron chi connectivity index (χ1n) is 9.30. The number of aromatic nitrogens is 4. The minimum atomic E-state index is -3.85. The number of hydrogen-bond donors (Lipinski definition) is 4. The molecular weight excluding hydrogens is 380 g/mol. The molecule has 1 saturated carbocycles. The lowest BCUT2D eigenvalue weighted by atomic mass is 9.87. The van der Waals surface area contributed by atoms with E-state index in [0.29, 0.717) is 22.8 Å². The second-order valence-corrected chi connectivity index (χ2v) is 8.70. The minimum absolute atomic E-state index is 0.0581. The van der Waals surface area contributed by atoms with Crippen LogP contribution in [0.5, 0.6) is 0 Å². The van der Waals surface area contributed by atoms with E-state index in [0.717, 1.165) is 18.5 Å². The standard InChI is InChI=1S/C18H22N6O3S/c25-17(22-16-9-14(23-24-16)12-5-2-1-3-6-12)11-21-28(26,27)15-10-20-18-13(15)7-4-8-19-18/h4,7-10,12,21H,1-3,5-6,11H2,(H,19,20)(H2,22,23,24,25). The third-order valence-corrected chi connectivity index (χ3v) is 6.48. The summed E-state index contributed by atoms with van der Waals surface area (Å²) in [5.41, 5.74) is 1.49. The monoisotopic (exact) mass is 402 g/mol. The number of nitrogens with one attached hydrogen (secondary N) is 4.